The molecule has 1 atom stereocenters. The first-order chi connectivity index (χ1) is 10.0. The van der Waals surface area contributed by atoms with E-state index in [0.717, 1.165) is 34.4 Å². The predicted molar refractivity (Wildman–Crippen MR) is 87.3 cm³/mol. The van der Waals surface area contributed by atoms with Gasteiger partial charge in [-0.15, -0.1) is 11.6 Å². The van der Waals surface area contributed by atoms with Gasteiger partial charge in [-0.1, -0.05) is 35.9 Å². The fraction of sp³-hybridized carbons (Fsp3) is 0.235. The van der Waals surface area contributed by atoms with Gasteiger partial charge in [0.2, 0.25) is 5.91 Å². The van der Waals surface area contributed by atoms with Crippen LogP contribution in [0.4, 0.5) is 5.69 Å². The molecule has 3 rings (SSSR count). The maximum atomic E-state index is 11.4. The van der Waals surface area contributed by atoms with Crippen molar-refractivity contribution in [3.63, 3.8) is 0 Å². The summed E-state index contributed by atoms with van der Waals surface area (Å²) in [5.41, 5.74) is 5.02. The Morgan fingerprint density at radius 2 is 1.95 bits per heavy atom. The van der Waals surface area contributed by atoms with Gasteiger partial charge in [0.05, 0.1) is 5.38 Å². The van der Waals surface area contributed by atoms with Gasteiger partial charge in [-0.3, -0.25) is 4.79 Å². The Hall–Kier alpha value is -1.51. The summed E-state index contributed by atoms with van der Waals surface area (Å²) in [6.07, 6.45) is 1.27. The van der Waals surface area contributed by atoms with Crippen LogP contribution in [-0.4, -0.2) is 5.91 Å². The lowest BCUT2D eigenvalue weighted by Gasteiger charge is -2.19. The molecule has 1 heterocycles. The van der Waals surface area contributed by atoms with Crippen molar-refractivity contribution in [2.45, 2.75) is 25.1 Å². The van der Waals surface area contributed by atoms with E-state index in [9.17, 15) is 4.79 Å². The molecule has 0 fully saturated rings. The highest BCUT2D eigenvalue weighted by molar-refractivity contribution is 6.33. The highest BCUT2D eigenvalue weighted by Crippen LogP contribution is 2.36. The molecule has 4 heteroatoms. The quantitative estimate of drug-likeness (QED) is 0.787. The lowest BCUT2D eigenvalue weighted by molar-refractivity contribution is -0.116. The maximum Gasteiger partial charge on any atom is 0.224 e. The molecule has 1 N–H and O–H groups in total. The molecule has 108 valence electrons. The van der Waals surface area contributed by atoms with Crippen molar-refractivity contribution in [3.8, 4) is 0 Å². The lowest BCUT2D eigenvalue weighted by atomic mass is 9.96. The number of hydrogen-bond donors (Lipinski definition) is 1. The first-order valence-corrected chi connectivity index (χ1v) is 7.69. The average Bonchev–Trinajstić information content (AvgIpc) is 2.46. The molecule has 2 nitrogen and oxygen atoms in total. The Morgan fingerprint density at radius 1 is 1.14 bits per heavy atom. The number of alkyl halides is 1. The van der Waals surface area contributed by atoms with Crippen molar-refractivity contribution in [2.24, 2.45) is 0 Å². The van der Waals surface area contributed by atoms with Crippen LogP contribution < -0.4 is 5.32 Å². The molecule has 0 spiro atoms. The van der Waals surface area contributed by atoms with Crippen LogP contribution in [0.25, 0.3) is 0 Å². The zero-order valence-corrected chi connectivity index (χ0v) is 13.1. The number of amides is 1. The van der Waals surface area contributed by atoms with Gasteiger partial charge in [-0.2, -0.15) is 0 Å². The van der Waals surface area contributed by atoms with Crippen LogP contribution in [0.5, 0.6) is 0 Å². The Bertz CT molecular complexity index is 712. The number of benzene rings is 2. The zero-order chi connectivity index (χ0) is 15.0. The van der Waals surface area contributed by atoms with E-state index in [2.05, 4.69) is 11.4 Å². The van der Waals surface area contributed by atoms with Crippen molar-refractivity contribution in [1.82, 2.24) is 0 Å². The number of aryl methyl sites for hydroxylation is 2. The topological polar surface area (TPSA) is 29.1 Å². The van der Waals surface area contributed by atoms with Gasteiger partial charge in [0.25, 0.3) is 0 Å². The molecule has 0 bridgehead atoms. The summed E-state index contributed by atoms with van der Waals surface area (Å²) in [6.45, 7) is 2.00. The maximum absolute atomic E-state index is 11.4. The third kappa shape index (κ3) is 2.92. The van der Waals surface area contributed by atoms with Crippen LogP contribution in [-0.2, 0) is 11.2 Å². The normalized spacial score (nSPS) is 15.3. The molecule has 0 radical (unpaired) electrons. The smallest absolute Gasteiger partial charge is 0.224 e. The molecule has 1 aliphatic heterocycles. The monoisotopic (exact) mass is 319 g/mol. The second-order valence-corrected chi connectivity index (χ2v) is 6.20. The standard InChI is InChI=1S/C17H15Cl2NO/c1-10-2-5-13(14(18)8-10)17(19)12-3-6-15-11(9-12)4-7-16(21)20-15/h2-3,5-6,8-9,17H,4,7H2,1H3,(H,20,21). The minimum Gasteiger partial charge on any atom is -0.326 e. The van der Waals surface area contributed by atoms with E-state index in [1.807, 2.05) is 37.3 Å². The molecule has 0 saturated carbocycles. The van der Waals surface area contributed by atoms with E-state index < -0.39 is 0 Å². The molecule has 21 heavy (non-hydrogen) atoms. The van der Waals surface area contributed by atoms with Crippen LogP contribution in [0.3, 0.4) is 0 Å². The van der Waals surface area contributed by atoms with Gasteiger partial charge >= 0.3 is 0 Å². The van der Waals surface area contributed by atoms with Crippen LogP contribution in [0.15, 0.2) is 36.4 Å². The molecule has 1 aliphatic rings. The number of nitrogens with one attached hydrogen (secondary N) is 1. The summed E-state index contributed by atoms with van der Waals surface area (Å²) in [7, 11) is 0. The molecule has 2 aromatic carbocycles. The number of fused-ring (bicyclic) bond motifs is 1. The van der Waals surface area contributed by atoms with Gasteiger partial charge in [0.15, 0.2) is 0 Å². The Balaban J connectivity index is 1.95. The van der Waals surface area contributed by atoms with E-state index in [1.54, 1.807) is 0 Å². The first kappa shape index (κ1) is 14.4. The minimum absolute atomic E-state index is 0.0688. The van der Waals surface area contributed by atoms with E-state index >= 15 is 0 Å². The fourth-order valence-electron chi connectivity index (χ4n) is 2.58. The van der Waals surface area contributed by atoms with E-state index in [1.165, 1.54) is 0 Å². The van der Waals surface area contributed by atoms with Gasteiger partial charge in [-0.25, -0.2) is 0 Å². The van der Waals surface area contributed by atoms with Crippen molar-refractivity contribution in [3.05, 3.63) is 63.7 Å². The summed E-state index contributed by atoms with van der Waals surface area (Å²) >= 11 is 12.9. The number of anilines is 1. The van der Waals surface area contributed by atoms with Crippen LogP contribution >= 0.6 is 23.2 Å². The van der Waals surface area contributed by atoms with Crippen LogP contribution in [0.2, 0.25) is 5.02 Å². The van der Waals surface area contributed by atoms with Crippen molar-refractivity contribution >= 4 is 34.8 Å². The van der Waals surface area contributed by atoms with Gasteiger partial charge in [0.1, 0.15) is 0 Å². The largest absolute Gasteiger partial charge is 0.326 e. The third-order valence-corrected chi connectivity index (χ3v) is 4.56. The Morgan fingerprint density at radius 3 is 2.71 bits per heavy atom. The molecule has 1 amide bonds. The second-order valence-electron chi connectivity index (χ2n) is 5.35. The van der Waals surface area contributed by atoms with Gasteiger partial charge in [-0.05, 0) is 47.7 Å². The molecule has 0 aromatic heterocycles. The predicted octanol–water partition coefficient (Wildman–Crippen LogP) is 4.86. The van der Waals surface area contributed by atoms with E-state index in [-0.39, 0.29) is 11.3 Å². The third-order valence-electron chi connectivity index (χ3n) is 3.75. The van der Waals surface area contributed by atoms with Crippen molar-refractivity contribution < 1.29 is 4.79 Å². The van der Waals surface area contributed by atoms with Crippen molar-refractivity contribution in [1.29, 1.82) is 0 Å². The Labute approximate surface area is 134 Å². The van der Waals surface area contributed by atoms with Crippen LogP contribution in [0.1, 0.15) is 34.1 Å². The number of carbonyl (C=O) groups is 1. The van der Waals surface area contributed by atoms with Gasteiger partial charge < -0.3 is 5.32 Å². The van der Waals surface area contributed by atoms with Crippen LogP contribution in [0, 0.1) is 6.92 Å². The molecule has 0 saturated heterocycles. The minimum atomic E-state index is -0.291. The number of hydrogen-bond acceptors (Lipinski definition) is 1. The number of carbonyl (C=O) groups excluding carboxylic acids is 1. The van der Waals surface area contributed by atoms with E-state index in [4.69, 9.17) is 23.2 Å². The summed E-state index contributed by atoms with van der Waals surface area (Å²) in [5.74, 6) is 0.0688. The highest BCUT2D eigenvalue weighted by atomic mass is 35.5. The number of halogens is 2. The summed E-state index contributed by atoms with van der Waals surface area (Å²) in [6, 6.07) is 11.8. The molecule has 0 aliphatic carbocycles. The average molecular weight is 320 g/mol. The highest BCUT2D eigenvalue weighted by Gasteiger charge is 2.19. The number of rotatable bonds is 2. The first-order valence-electron chi connectivity index (χ1n) is 6.87. The SMILES string of the molecule is Cc1ccc(C(Cl)c2ccc3c(c2)CCC(=O)N3)c(Cl)c1. The second kappa shape index (κ2) is 5.70. The fourth-order valence-corrected chi connectivity index (χ4v) is 3.30. The molecular formula is C17H15Cl2NO. The summed E-state index contributed by atoms with van der Waals surface area (Å²) in [5, 5.41) is 3.27. The summed E-state index contributed by atoms with van der Waals surface area (Å²) < 4.78 is 0. The summed E-state index contributed by atoms with van der Waals surface area (Å²) in [4.78, 5) is 11.4. The lowest BCUT2D eigenvalue weighted by Crippen LogP contribution is -2.19. The van der Waals surface area contributed by atoms with Crippen molar-refractivity contribution in [2.75, 3.05) is 5.32 Å². The molecular weight excluding hydrogens is 305 g/mol. The van der Waals surface area contributed by atoms with Gasteiger partial charge in [0, 0.05) is 17.1 Å². The zero-order valence-electron chi connectivity index (χ0n) is 11.6. The molecule has 2 aromatic rings. The Kier molecular flexibility index (Phi) is 3.92. The molecule has 1 unspecified atom stereocenters. The van der Waals surface area contributed by atoms with E-state index in [0.29, 0.717) is 11.4 Å².